The Labute approximate surface area is 187 Å². The smallest absolute Gasteiger partial charge is 0.00972 e. The molecule has 2 aromatic rings. The van der Waals surface area contributed by atoms with Gasteiger partial charge in [-0.3, -0.25) is 0 Å². The highest BCUT2D eigenvalue weighted by molar-refractivity contribution is 5.83. The maximum absolute atomic E-state index is 2.39. The molecule has 0 saturated heterocycles. The van der Waals surface area contributed by atoms with Crippen LogP contribution in [-0.2, 0) is 6.42 Å². The van der Waals surface area contributed by atoms with E-state index in [2.05, 4.69) is 61.5 Å². The van der Waals surface area contributed by atoms with Crippen molar-refractivity contribution in [1.82, 2.24) is 0 Å². The summed E-state index contributed by atoms with van der Waals surface area (Å²) in [6.45, 7) is 2.30. The second-order valence-electron chi connectivity index (χ2n) is 9.10. The zero-order chi connectivity index (χ0) is 21.1. The van der Waals surface area contributed by atoms with E-state index in [4.69, 9.17) is 0 Å². The molecule has 0 aromatic heterocycles. The van der Waals surface area contributed by atoms with E-state index in [1.165, 1.54) is 119 Å². The summed E-state index contributed by atoms with van der Waals surface area (Å²) >= 11 is 0. The van der Waals surface area contributed by atoms with Gasteiger partial charge in [0.1, 0.15) is 0 Å². The molecule has 0 N–H and O–H groups in total. The first kappa shape index (κ1) is 24.7. The van der Waals surface area contributed by atoms with E-state index in [1.54, 1.807) is 0 Å². The lowest BCUT2D eigenvalue weighted by atomic mass is 10.0. The highest BCUT2D eigenvalue weighted by atomic mass is 14.0. The minimum absolute atomic E-state index is 1.06. The van der Waals surface area contributed by atoms with Gasteiger partial charge in [-0.2, -0.15) is 0 Å². The highest BCUT2D eigenvalue weighted by Crippen LogP contribution is 2.17. The summed E-state index contributed by atoms with van der Waals surface area (Å²) in [6, 6.07) is 15.5. The Morgan fingerprint density at radius 3 is 1.67 bits per heavy atom. The Morgan fingerprint density at radius 1 is 0.533 bits per heavy atom. The molecule has 0 aliphatic carbocycles. The molecule has 2 aromatic carbocycles. The van der Waals surface area contributed by atoms with Gasteiger partial charge >= 0.3 is 0 Å². The Hall–Kier alpha value is -1.56. The predicted molar refractivity (Wildman–Crippen MR) is 136 cm³/mol. The third kappa shape index (κ3) is 11.6. The lowest BCUT2D eigenvalue weighted by Gasteiger charge is -2.03. The van der Waals surface area contributed by atoms with Gasteiger partial charge in [-0.25, -0.2) is 0 Å². The van der Waals surface area contributed by atoms with Crippen molar-refractivity contribution in [1.29, 1.82) is 0 Å². The molecule has 0 heteroatoms. The summed E-state index contributed by atoms with van der Waals surface area (Å²) in [5.41, 5.74) is 1.42. The number of hydrogen-bond donors (Lipinski definition) is 0. The summed E-state index contributed by atoms with van der Waals surface area (Å²) in [4.78, 5) is 0. The molecule has 0 fully saturated rings. The van der Waals surface area contributed by atoms with E-state index in [1.807, 2.05) is 0 Å². The van der Waals surface area contributed by atoms with Crippen molar-refractivity contribution < 1.29 is 0 Å². The molecule has 2 rings (SSSR count). The molecule has 0 nitrogen and oxygen atoms in total. The highest BCUT2D eigenvalue weighted by Gasteiger charge is 1.95. The third-order valence-corrected chi connectivity index (χ3v) is 6.31. The van der Waals surface area contributed by atoms with Crippen LogP contribution in [0.5, 0.6) is 0 Å². The fraction of sp³-hybridized carbons (Fsp3) is 0.600. The maximum atomic E-state index is 2.39. The number of fused-ring (bicyclic) bond motifs is 1. The van der Waals surface area contributed by atoms with Gasteiger partial charge in [0.2, 0.25) is 0 Å². The average Bonchev–Trinajstić information content (AvgIpc) is 2.78. The topological polar surface area (TPSA) is 0 Å². The van der Waals surface area contributed by atoms with Gasteiger partial charge in [0.15, 0.2) is 0 Å². The molecule has 0 amide bonds. The van der Waals surface area contributed by atoms with Crippen LogP contribution in [0.25, 0.3) is 10.8 Å². The molecule has 0 spiro atoms. The number of benzene rings is 2. The Bertz CT molecular complexity index is 681. The van der Waals surface area contributed by atoms with Crippen LogP contribution in [0.1, 0.15) is 115 Å². The molecule has 0 unspecified atom stereocenters. The van der Waals surface area contributed by atoms with Gasteiger partial charge in [-0.15, -0.1) is 0 Å². The van der Waals surface area contributed by atoms with Gasteiger partial charge < -0.3 is 0 Å². The zero-order valence-electron chi connectivity index (χ0n) is 19.7. The third-order valence-electron chi connectivity index (χ3n) is 6.31. The molecule has 30 heavy (non-hydrogen) atoms. The molecule has 0 aliphatic heterocycles. The number of allylic oxidation sites excluding steroid dienone is 2. The van der Waals surface area contributed by atoms with E-state index in [-0.39, 0.29) is 0 Å². The molecule has 0 bridgehead atoms. The van der Waals surface area contributed by atoms with Crippen molar-refractivity contribution in [2.24, 2.45) is 0 Å². The summed E-state index contributed by atoms with van der Waals surface area (Å²) in [7, 11) is 0. The van der Waals surface area contributed by atoms with E-state index in [0.717, 1.165) is 6.42 Å². The largest absolute Gasteiger partial charge is 0.0882 e. The molecule has 0 saturated carbocycles. The Balaban J connectivity index is 1.35. The van der Waals surface area contributed by atoms with E-state index in [0.29, 0.717) is 0 Å². The normalized spacial score (nSPS) is 11.6. The van der Waals surface area contributed by atoms with Gasteiger partial charge in [0.25, 0.3) is 0 Å². The van der Waals surface area contributed by atoms with Gasteiger partial charge in [-0.1, -0.05) is 151 Å². The fourth-order valence-electron chi connectivity index (χ4n) is 4.34. The van der Waals surface area contributed by atoms with Crippen molar-refractivity contribution in [2.45, 2.75) is 116 Å². The number of hydrogen-bond acceptors (Lipinski definition) is 0. The number of rotatable bonds is 18. The predicted octanol–water partition coefficient (Wildman–Crippen LogP) is 10.2. The second-order valence-corrected chi connectivity index (χ2v) is 9.10. The fourth-order valence-corrected chi connectivity index (χ4v) is 4.34. The number of unbranched alkanes of at least 4 members (excludes halogenated alkanes) is 15. The average molecular weight is 407 g/mol. The SMILES string of the molecule is CCCCCCCCCCCCCCCCC/C=C/Cc1ccc2ccccc2c1. The Kier molecular flexibility index (Phi) is 14.1. The van der Waals surface area contributed by atoms with Crippen molar-refractivity contribution in [3.8, 4) is 0 Å². The van der Waals surface area contributed by atoms with E-state index >= 15 is 0 Å². The quantitative estimate of drug-likeness (QED) is 0.170. The van der Waals surface area contributed by atoms with Crippen LogP contribution in [0.2, 0.25) is 0 Å². The lowest BCUT2D eigenvalue weighted by molar-refractivity contribution is 0.533. The van der Waals surface area contributed by atoms with Crippen molar-refractivity contribution >= 4 is 10.8 Å². The van der Waals surface area contributed by atoms with Crippen LogP contribution in [0.15, 0.2) is 54.6 Å². The van der Waals surface area contributed by atoms with Crippen molar-refractivity contribution in [3.63, 3.8) is 0 Å². The molecule has 0 atom stereocenters. The lowest BCUT2D eigenvalue weighted by Crippen LogP contribution is -1.83. The van der Waals surface area contributed by atoms with Crippen molar-refractivity contribution in [3.05, 3.63) is 60.2 Å². The zero-order valence-corrected chi connectivity index (χ0v) is 19.7. The first-order valence-electron chi connectivity index (χ1n) is 13.0. The molecular formula is C30H46. The maximum Gasteiger partial charge on any atom is -0.00972 e. The first-order valence-corrected chi connectivity index (χ1v) is 13.0. The van der Waals surface area contributed by atoms with Crippen LogP contribution in [-0.4, -0.2) is 0 Å². The summed E-state index contributed by atoms with van der Waals surface area (Å²) in [5.74, 6) is 0. The summed E-state index contributed by atoms with van der Waals surface area (Å²) in [6.07, 6.45) is 28.6. The minimum atomic E-state index is 1.06. The molecule has 0 aliphatic rings. The minimum Gasteiger partial charge on any atom is -0.0882 e. The van der Waals surface area contributed by atoms with Crippen LogP contribution >= 0.6 is 0 Å². The van der Waals surface area contributed by atoms with Crippen molar-refractivity contribution in [2.75, 3.05) is 0 Å². The summed E-state index contributed by atoms with van der Waals surface area (Å²) < 4.78 is 0. The van der Waals surface area contributed by atoms with Crippen LogP contribution in [0.4, 0.5) is 0 Å². The van der Waals surface area contributed by atoms with E-state index < -0.39 is 0 Å². The first-order chi connectivity index (χ1) is 14.9. The standard InChI is InChI=1S/C30H46/c1-2-3-4-5-6-7-8-9-10-11-12-13-14-15-16-17-18-19-22-28-25-26-29-23-20-21-24-30(29)27-28/h18-21,23-27H,2-17,22H2,1H3/b19-18+. The van der Waals surface area contributed by atoms with Gasteiger partial charge in [0, 0.05) is 0 Å². The van der Waals surface area contributed by atoms with Crippen LogP contribution in [0.3, 0.4) is 0 Å². The van der Waals surface area contributed by atoms with Crippen LogP contribution < -0.4 is 0 Å². The van der Waals surface area contributed by atoms with E-state index in [9.17, 15) is 0 Å². The summed E-state index contributed by atoms with van der Waals surface area (Å²) in [5, 5.41) is 2.69. The molecule has 0 heterocycles. The monoisotopic (exact) mass is 406 g/mol. The van der Waals surface area contributed by atoms with Crippen LogP contribution in [0, 0.1) is 0 Å². The molecule has 166 valence electrons. The Morgan fingerprint density at radius 2 is 1.07 bits per heavy atom. The second kappa shape index (κ2) is 17.2. The van der Waals surface area contributed by atoms with Gasteiger partial charge in [-0.05, 0) is 35.6 Å². The molecule has 0 radical (unpaired) electrons. The van der Waals surface area contributed by atoms with Gasteiger partial charge in [0.05, 0.1) is 0 Å². The molecular weight excluding hydrogens is 360 g/mol.